The molecular formula is C16H22N4O2. The molecule has 2 aromatic rings. The molecule has 3 heterocycles. The maximum absolute atomic E-state index is 11.9. The Labute approximate surface area is 129 Å². The first-order valence-electron chi connectivity index (χ1n) is 7.80. The number of nitrogens with zero attached hydrogens (tertiary/aromatic N) is 3. The first-order chi connectivity index (χ1) is 10.7. The smallest absolute Gasteiger partial charge is 0.234 e. The molecule has 1 atom stereocenters. The molecule has 3 rings (SSSR count). The summed E-state index contributed by atoms with van der Waals surface area (Å²) in [4.78, 5) is 18.4. The van der Waals surface area contributed by atoms with Gasteiger partial charge in [0.1, 0.15) is 5.65 Å². The summed E-state index contributed by atoms with van der Waals surface area (Å²) >= 11 is 0. The lowest BCUT2D eigenvalue weighted by molar-refractivity contribution is -0.122. The average Bonchev–Trinajstić information content (AvgIpc) is 2.90. The van der Waals surface area contributed by atoms with E-state index in [0.717, 1.165) is 37.1 Å². The number of rotatable bonds is 5. The molecule has 2 N–H and O–H groups in total. The number of β-amino-alcohol motifs (C(OH)–C–C–N with tert-alkyl or cyclic N) is 1. The summed E-state index contributed by atoms with van der Waals surface area (Å²) in [6.07, 6.45) is 6.17. The van der Waals surface area contributed by atoms with Gasteiger partial charge >= 0.3 is 0 Å². The van der Waals surface area contributed by atoms with Crippen LogP contribution >= 0.6 is 0 Å². The number of piperidine rings is 1. The molecule has 6 nitrogen and oxygen atoms in total. The Hall–Kier alpha value is -1.92. The van der Waals surface area contributed by atoms with Crippen molar-refractivity contribution in [1.29, 1.82) is 0 Å². The minimum absolute atomic E-state index is 0.0119. The zero-order chi connectivity index (χ0) is 15.4. The Balaban J connectivity index is 1.43. The van der Waals surface area contributed by atoms with Crippen molar-refractivity contribution >= 4 is 11.6 Å². The van der Waals surface area contributed by atoms with Crippen molar-refractivity contribution in [2.24, 2.45) is 0 Å². The monoisotopic (exact) mass is 302 g/mol. The summed E-state index contributed by atoms with van der Waals surface area (Å²) in [5.41, 5.74) is 1.89. The third-order valence-corrected chi connectivity index (χ3v) is 3.97. The van der Waals surface area contributed by atoms with Gasteiger partial charge in [-0.1, -0.05) is 6.07 Å². The predicted molar refractivity (Wildman–Crippen MR) is 83.6 cm³/mol. The number of aliphatic hydroxyl groups is 1. The van der Waals surface area contributed by atoms with Crippen LogP contribution in [-0.4, -0.2) is 57.6 Å². The molecule has 0 radical (unpaired) electrons. The fourth-order valence-electron chi connectivity index (χ4n) is 2.87. The molecule has 22 heavy (non-hydrogen) atoms. The van der Waals surface area contributed by atoms with Crippen LogP contribution < -0.4 is 5.32 Å². The molecule has 6 heteroatoms. The molecule has 1 aliphatic rings. The van der Waals surface area contributed by atoms with E-state index >= 15 is 0 Å². The number of carbonyl (C=O) groups excluding carboxylic acids is 1. The Kier molecular flexibility index (Phi) is 4.70. The molecule has 2 aromatic heterocycles. The Morgan fingerprint density at radius 3 is 3.18 bits per heavy atom. The standard InChI is InChI=1S/C16H22N4O2/c21-14-4-3-8-19(11-14)12-16(22)17-7-6-13-10-20-9-2-1-5-15(20)18-13/h1-2,5,9-10,14,21H,3-4,6-8,11-12H2,(H,17,22). The van der Waals surface area contributed by atoms with Gasteiger partial charge in [-0.05, 0) is 31.5 Å². The highest BCUT2D eigenvalue weighted by atomic mass is 16.3. The first-order valence-corrected chi connectivity index (χ1v) is 7.80. The summed E-state index contributed by atoms with van der Waals surface area (Å²) in [6.45, 7) is 2.43. The van der Waals surface area contributed by atoms with Crippen LogP contribution in [-0.2, 0) is 11.2 Å². The molecule has 1 fully saturated rings. The fourth-order valence-corrected chi connectivity index (χ4v) is 2.87. The number of aromatic nitrogens is 2. The van der Waals surface area contributed by atoms with Crippen LogP contribution in [0.1, 0.15) is 18.5 Å². The lowest BCUT2D eigenvalue weighted by Gasteiger charge is -2.29. The second kappa shape index (κ2) is 6.89. The SMILES string of the molecule is O=C(CN1CCCC(O)C1)NCCc1cn2ccccc2n1. The quantitative estimate of drug-likeness (QED) is 0.841. The van der Waals surface area contributed by atoms with Crippen LogP contribution in [0.3, 0.4) is 0 Å². The maximum atomic E-state index is 11.9. The van der Waals surface area contributed by atoms with Gasteiger partial charge < -0.3 is 14.8 Å². The highest BCUT2D eigenvalue weighted by molar-refractivity contribution is 5.78. The molecule has 1 aliphatic heterocycles. The number of carbonyl (C=O) groups is 1. The van der Waals surface area contributed by atoms with E-state index in [4.69, 9.17) is 0 Å². The van der Waals surface area contributed by atoms with Gasteiger partial charge in [0.15, 0.2) is 0 Å². The number of hydrogen-bond acceptors (Lipinski definition) is 4. The summed E-state index contributed by atoms with van der Waals surface area (Å²) in [5.74, 6) is 0.0119. The van der Waals surface area contributed by atoms with Crippen molar-refractivity contribution in [1.82, 2.24) is 19.6 Å². The Morgan fingerprint density at radius 2 is 2.36 bits per heavy atom. The van der Waals surface area contributed by atoms with Gasteiger partial charge in [0.05, 0.1) is 18.3 Å². The predicted octanol–water partition coefficient (Wildman–Crippen LogP) is 0.450. The van der Waals surface area contributed by atoms with Crippen LogP contribution in [0.4, 0.5) is 0 Å². The number of pyridine rings is 1. The summed E-state index contributed by atoms with van der Waals surface area (Å²) in [7, 11) is 0. The number of imidazole rings is 1. The highest BCUT2D eigenvalue weighted by Crippen LogP contribution is 2.09. The third-order valence-electron chi connectivity index (χ3n) is 3.97. The normalized spacial score (nSPS) is 19.4. The molecular weight excluding hydrogens is 280 g/mol. The molecule has 0 aromatic carbocycles. The van der Waals surface area contributed by atoms with E-state index in [1.54, 1.807) is 0 Å². The van der Waals surface area contributed by atoms with E-state index in [1.807, 2.05) is 39.9 Å². The van der Waals surface area contributed by atoms with Crippen molar-refractivity contribution in [3.8, 4) is 0 Å². The van der Waals surface area contributed by atoms with Crippen LogP contribution in [0.2, 0.25) is 0 Å². The number of fused-ring (bicyclic) bond motifs is 1. The van der Waals surface area contributed by atoms with Crippen LogP contribution in [0.5, 0.6) is 0 Å². The van der Waals surface area contributed by atoms with Crippen LogP contribution in [0, 0.1) is 0 Å². The van der Waals surface area contributed by atoms with Gasteiger partial charge in [-0.2, -0.15) is 0 Å². The summed E-state index contributed by atoms with van der Waals surface area (Å²) < 4.78 is 1.98. The second-order valence-electron chi connectivity index (χ2n) is 5.83. The zero-order valence-electron chi connectivity index (χ0n) is 12.6. The van der Waals surface area contributed by atoms with Gasteiger partial charge in [0.25, 0.3) is 0 Å². The topological polar surface area (TPSA) is 69.9 Å². The Morgan fingerprint density at radius 1 is 1.45 bits per heavy atom. The molecule has 118 valence electrons. The fraction of sp³-hybridized carbons (Fsp3) is 0.500. The van der Waals surface area contributed by atoms with Gasteiger partial charge in [-0.15, -0.1) is 0 Å². The van der Waals surface area contributed by atoms with Gasteiger partial charge in [0.2, 0.25) is 5.91 Å². The maximum Gasteiger partial charge on any atom is 0.234 e. The van der Waals surface area contributed by atoms with Crippen LogP contribution in [0.25, 0.3) is 5.65 Å². The molecule has 0 bridgehead atoms. The number of likely N-dealkylation sites (tertiary alicyclic amines) is 1. The molecule has 0 spiro atoms. The van der Waals surface area contributed by atoms with Gasteiger partial charge in [-0.3, -0.25) is 9.69 Å². The third kappa shape index (κ3) is 3.84. The summed E-state index contributed by atoms with van der Waals surface area (Å²) in [5, 5.41) is 12.5. The number of aliphatic hydroxyl groups excluding tert-OH is 1. The minimum atomic E-state index is -0.292. The van der Waals surface area contributed by atoms with E-state index in [0.29, 0.717) is 19.6 Å². The lowest BCUT2D eigenvalue weighted by Crippen LogP contribution is -2.44. The average molecular weight is 302 g/mol. The van der Waals surface area contributed by atoms with Crippen molar-refractivity contribution in [3.05, 3.63) is 36.3 Å². The van der Waals surface area contributed by atoms with E-state index in [9.17, 15) is 9.90 Å². The summed E-state index contributed by atoms with van der Waals surface area (Å²) in [6, 6.07) is 5.89. The van der Waals surface area contributed by atoms with Crippen molar-refractivity contribution in [2.75, 3.05) is 26.2 Å². The van der Waals surface area contributed by atoms with Gasteiger partial charge in [0, 0.05) is 31.9 Å². The zero-order valence-corrected chi connectivity index (χ0v) is 12.6. The lowest BCUT2D eigenvalue weighted by atomic mass is 10.1. The largest absolute Gasteiger partial charge is 0.392 e. The highest BCUT2D eigenvalue weighted by Gasteiger charge is 2.19. The molecule has 1 unspecified atom stereocenters. The van der Waals surface area contributed by atoms with Crippen molar-refractivity contribution in [2.45, 2.75) is 25.4 Å². The second-order valence-corrected chi connectivity index (χ2v) is 5.83. The van der Waals surface area contributed by atoms with E-state index in [2.05, 4.69) is 10.3 Å². The molecule has 1 saturated heterocycles. The molecule has 0 aliphatic carbocycles. The minimum Gasteiger partial charge on any atom is -0.392 e. The number of nitrogens with one attached hydrogen (secondary N) is 1. The van der Waals surface area contributed by atoms with Gasteiger partial charge in [-0.25, -0.2) is 4.98 Å². The first kappa shape index (κ1) is 15.0. The van der Waals surface area contributed by atoms with E-state index in [-0.39, 0.29) is 12.0 Å². The van der Waals surface area contributed by atoms with E-state index in [1.165, 1.54) is 0 Å². The number of hydrogen-bond donors (Lipinski definition) is 2. The van der Waals surface area contributed by atoms with Crippen molar-refractivity contribution < 1.29 is 9.90 Å². The Bertz CT molecular complexity index is 607. The number of amides is 1. The molecule has 0 saturated carbocycles. The van der Waals surface area contributed by atoms with Crippen LogP contribution in [0.15, 0.2) is 30.6 Å². The molecule has 1 amide bonds. The van der Waals surface area contributed by atoms with E-state index < -0.39 is 0 Å². The van der Waals surface area contributed by atoms with Crippen molar-refractivity contribution in [3.63, 3.8) is 0 Å².